The van der Waals surface area contributed by atoms with Crippen LogP contribution in [0.15, 0.2) is 53.1 Å². The van der Waals surface area contributed by atoms with Gasteiger partial charge in [0.2, 0.25) is 11.7 Å². The molecule has 0 spiro atoms. The molecular weight excluding hydrogens is 383 g/mol. The first-order chi connectivity index (χ1) is 13.6. The molecule has 1 aliphatic rings. The molecule has 1 saturated heterocycles. The van der Waals surface area contributed by atoms with Gasteiger partial charge in [-0.15, -0.1) is 0 Å². The van der Waals surface area contributed by atoms with E-state index in [9.17, 15) is 9.18 Å². The lowest BCUT2D eigenvalue weighted by Crippen LogP contribution is -2.41. The van der Waals surface area contributed by atoms with Crippen LogP contribution >= 0.6 is 11.6 Å². The van der Waals surface area contributed by atoms with Gasteiger partial charge in [0.1, 0.15) is 11.9 Å². The summed E-state index contributed by atoms with van der Waals surface area (Å²) in [6, 6.07) is 13.0. The summed E-state index contributed by atoms with van der Waals surface area (Å²) in [5.41, 5.74) is 1.28. The lowest BCUT2D eigenvalue weighted by atomic mass is 10.0. The van der Waals surface area contributed by atoms with Crippen LogP contribution in [-0.4, -0.2) is 27.6 Å². The predicted molar refractivity (Wildman–Crippen MR) is 103 cm³/mol. The topological polar surface area (TPSA) is 71.3 Å². The number of nitrogens with one attached hydrogen (secondary N) is 1. The molecule has 2 aromatic carbocycles. The van der Waals surface area contributed by atoms with Gasteiger partial charge >= 0.3 is 6.03 Å². The van der Waals surface area contributed by atoms with Crippen molar-refractivity contribution in [3.05, 3.63) is 65.3 Å². The van der Waals surface area contributed by atoms with Gasteiger partial charge in [-0.05, 0) is 37.5 Å². The predicted octanol–water partition coefficient (Wildman–Crippen LogP) is 5.29. The van der Waals surface area contributed by atoms with Crippen molar-refractivity contribution in [3.63, 3.8) is 0 Å². The van der Waals surface area contributed by atoms with Crippen LogP contribution in [-0.2, 0) is 0 Å². The van der Waals surface area contributed by atoms with Crippen LogP contribution in [0.25, 0.3) is 11.4 Å². The summed E-state index contributed by atoms with van der Waals surface area (Å²) in [5, 5.41) is 6.78. The van der Waals surface area contributed by atoms with E-state index in [4.69, 9.17) is 16.1 Å². The van der Waals surface area contributed by atoms with E-state index >= 15 is 0 Å². The molecule has 1 atom stereocenters. The molecule has 3 aromatic rings. The van der Waals surface area contributed by atoms with E-state index in [-0.39, 0.29) is 17.1 Å². The number of urea groups is 1. The maximum atomic E-state index is 13.3. The summed E-state index contributed by atoms with van der Waals surface area (Å²) < 4.78 is 18.8. The number of rotatable bonds is 3. The van der Waals surface area contributed by atoms with Crippen LogP contribution < -0.4 is 5.32 Å². The third kappa shape index (κ3) is 3.84. The van der Waals surface area contributed by atoms with E-state index in [0.29, 0.717) is 23.9 Å². The van der Waals surface area contributed by atoms with Crippen molar-refractivity contribution in [1.82, 2.24) is 15.0 Å². The number of hydrogen-bond acceptors (Lipinski definition) is 4. The molecule has 8 heteroatoms. The van der Waals surface area contributed by atoms with Gasteiger partial charge < -0.3 is 14.7 Å². The van der Waals surface area contributed by atoms with Crippen molar-refractivity contribution in [2.24, 2.45) is 0 Å². The second-order valence-electron chi connectivity index (χ2n) is 6.59. The maximum absolute atomic E-state index is 13.3. The van der Waals surface area contributed by atoms with Gasteiger partial charge in [-0.25, -0.2) is 9.18 Å². The number of nitrogens with zero attached hydrogens (tertiary/aromatic N) is 3. The smallest absolute Gasteiger partial charge is 0.322 e. The zero-order valence-corrected chi connectivity index (χ0v) is 15.7. The van der Waals surface area contributed by atoms with Crippen molar-refractivity contribution >= 4 is 23.3 Å². The van der Waals surface area contributed by atoms with Crippen LogP contribution in [0, 0.1) is 5.82 Å². The van der Waals surface area contributed by atoms with E-state index in [1.54, 1.807) is 4.90 Å². The Bertz CT molecular complexity index is 979. The second-order valence-corrected chi connectivity index (χ2v) is 6.99. The molecule has 1 aromatic heterocycles. The van der Waals surface area contributed by atoms with E-state index < -0.39 is 5.82 Å². The first-order valence-electron chi connectivity index (χ1n) is 9.03. The minimum atomic E-state index is -0.533. The Hall–Kier alpha value is -2.93. The Morgan fingerprint density at radius 3 is 2.82 bits per heavy atom. The Labute approximate surface area is 166 Å². The van der Waals surface area contributed by atoms with Gasteiger partial charge in [0, 0.05) is 17.8 Å². The normalized spacial score (nSPS) is 16.8. The lowest BCUT2D eigenvalue weighted by molar-refractivity contribution is 0.142. The van der Waals surface area contributed by atoms with Crippen LogP contribution in [0.2, 0.25) is 5.02 Å². The SMILES string of the molecule is O=C(Nc1ccc(F)c(Cl)c1)N1CCCC[C@@H]1c1nc(-c2ccccc2)no1. The Morgan fingerprint density at radius 2 is 2.04 bits per heavy atom. The summed E-state index contributed by atoms with van der Waals surface area (Å²) in [6.45, 7) is 0.564. The van der Waals surface area contributed by atoms with Crippen LogP contribution in [0.5, 0.6) is 0 Å². The second kappa shape index (κ2) is 7.98. The number of carbonyl (C=O) groups is 1. The van der Waals surface area contributed by atoms with Crippen molar-refractivity contribution < 1.29 is 13.7 Å². The van der Waals surface area contributed by atoms with Gasteiger partial charge in [0.25, 0.3) is 0 Å². The number of carbonyl (C=O) groups excluding carboxylic acids is 1. The minimum absolute atomic E-state index is 0.0441. The van der Waals surface area contributed by atoms with Crippen LogP contribution in [0.1, 0.15) is 31.2 Å². The largest absolute Gasteiger partial charge is 0.337 e. The monoisotopic (exact) mass is 400 g/mol. The minimum Gasteiger partial charge on any atom is -0.337 e. The van der Waals surface area contributed by atoms with Crippen molar-refractivity contribution in [3.8, 4) is 11.4 Å². The van der Waals surface area contributed by atoms with E-state index in [0.717, 1.165) is 24.8 Å². The van der Waals surface area contributed by atoms with Gasteiger partial charge in [-0.1, -0.05) is 47.1 Å². The molecule has 1 fully saturated rings. The Morgan fingerprint density at radius 1 is 1.21 bits per heavy atom. The molecule has 144 valence electrons. The molecule has 2 amide bonds. The third-order valence-electron chi connectivity index (χ3n) is 4.69. The molecule has 1 N–H and O–H groups in total. The number of amides is 2. The summed E-state index contributed by atoms with van der Waals surface area (Å²) in [4.78, 5) is 19.0. The highest BCUT2D eigenvalue weighted by Crippen LogP contribution is 2.32. The average Bonchev–Trinajstić information content (AvgIpc) is 3.21. The fourth-order valence-electron chi connectivity index (χ4n) is 3.28. The quantitative estimate of drug-likeness (QED) is 0.648. The van der Waals surface area contributed by atoms with Crippen LogP contribution in [0.4, 0.5) is 14.9 Å². The van der Waals surface area contributed by atoms with E-state index in [1.807, 2.05) is 30.3 Å². The molecule has 2 heterocycles. The summed E-state index contributed by atoms with van der Waals surface area (Å²) in [6.07, 6.45) is 2.57. The molecule has 0 radical (unpaired) electrons. The zero-order valence-electron chi connectivity index (χ0n) is 14.9. The maximum Gasteiger partial charge on any atom is 0.322 e. The number of likely N-dealkylation sites (tertiary alicyclic amines) is 1. The van der Waals surface area contributed by atoms with Crippen molar-refractivity contribution in [2.75, 3.05) is 11.9 Å². The molecule has 0 aliphatic carbocycles. The number of halogens is 2. The zero-order chi connectivity index (χ0) is 19.5. The molecule has 0 unspecified atom stereocenters. The number of hydrogen-bond donors (Lipinski definition) is 1. The standard InChI is InChI=1S/C20H18ClFN4O2/c21-15-12-14(9-10-16(15)22)23-20(27)26-11-5-4-8-17(26)19-24-18(25-28-19)13-6-2-1-3-7-13/h1-3,6-7,9-10,12,17H,4-5,8,11H2,(H,23,27)/t17-/m1/s1. The molecule has 1 aliphatic heterocycles. The van der Waals surface area contributed by atoms with E-state index in [2.05, 4.69) is 15.5 Å². The number of anilines is 1. The Balaban J connectivity index is 1.53. The fraction of sp³-hybridized carbons (Fsp3) is 0.250. The molecule has 0 bridgehead atoms. The van der Waals surface area contributed by atoms with Crippen molar-refractivity contribution in [2.45, 2.75) is 25.3 Å². The summed E-state index contributed by atoms with van der Waals surface area (Å²) >= 11 is 5.80. The molecular formula is C20H18ClFN4O2. The van der Waals surface area contributed by atoms with Crippen LogP contribution in [0.3, 0.4) is 0 Å². The lowest BCUT2D eigenvalue weighted by Gasteiger charge is -2.33. The summed E-state index contributed by atoms with van der Waals surface area (Å²) in [7, 11) is 0. The first-order valence-corrected chi connectivity index (χ1v) is 9.41. The number of benzene rings is 2. The average molecular weight is 401 g/mol. The molecule has 4 rings (SSSR count). The molecule has 6 nitrogen and oxygen atoms in total. The third-order valence-corrected chi connectivity index (χ3v) is 4.98. The highest BCUT2D eigenvalue weighted by Gasteiger charge is 2.32. The van der Waals surface area contributed by atoms with Gasteiger partial charge in [0.15, 0.2) is 0 Å². The number of piperidine rings is 1. The molecule has 28 heavy (non-hydrogen) atoms. The highest BCUT2D eigenvalue weighted by atomic mass is 35.5. The van der Waals surface area contributed by atoms with Gasteiger partial charge in [0.05, 0.1) is 5.02 Å². The van der Waals surface area contributed by atoms with Crippen molar-refractivity contribution in [1.29, 1.82) is 0 Å². The summed E-state index contributed by atoms with van der Waals surface area (Å²) in [5.74, 6) is 0.368. The molecule has 0 saturated carbocycles. The highest BCUT2D eigenvalue weighted by molar-refractivity contribution is 6.31. The van der Waals surface area contributed by atoms with E-state index in [1.165, 1.54) is 18.2 Å². The fourth-order valence-corrected chi connectivity index (χ4v) is 3.46. The Kier molecular flexibility index (Phi) is 5.25. The van der Waals surface area contributed by atoms with Gasteiger partial charge in [-0.2, -0.15) is 4.98 Å². The van der Waals surface area contributed by atoms with Gasteiger partial charge in [-0.3, -0.25) is 0 Å². The number of aromatic nitrogens is 2. The first kappa shape index (κ1) is 18.4.